The Labute approximate surface area is 86.6 Å². The van der Waals surface area contributed by atoms with Gasteiger partial charge in [0.2, 0.25) is 0 Å². The first kappa shape index (κ1) is 10.0. The predicted octanol–water partition coefficient (Wildman–Crippen LogP) is 2.62. The molecule has 2 aromatic rings. The summed E-state index contributed by atoms with van der Waals surface area (Å²) in [4.78, 5) is 3.32. The average Bonchev–Trinajstić information content (AvgIpc) is 2.69. The Morgan fingerprint density at radius 2 is 2.07 bits per heavy atom. The third-order valence-corrected chi connectivity index (χ3v) is 2.39. The summed E-state index contributed by atoms with van der Waals surface area (Å²) in [6.07, 6.45) is -3.37. The van der Waals surface area contributed by atoms with Crippen molar-refractivity contribution in [2.75, 3.05) is 0 Å². The third-order valence-electron chi connectivity index (χ3n) is 1.67. The Morgan fingerprint density at radius 3 is 2.67 bits per heavy atom. The number of halogens is 3. The quantitative estimate of drug-likeness (QED) is 0.757. The Morgan fingerprint density at radius 1 is 1.27 bits per heavy atom. The molecule has 0 spiro atoms. The normalized spacial score (nSPS) is 11.7. The maximum Gasteiger partial charge on any atom is 0.434 e. The molecule has 0 atom stereocenters. The standard InChI is InChI=1S/C8H4F3N3S/c9-8(10,11)6-5(2-1-3-12-6)7-14-13-4-15-7/h1-4H. The van der Waals surface area contributed by atoms with Crippen molar-refractivity contribution >= 4 is 11.3 Å². The van der Waals surface area contributed by atoms with E-state index in [0.717, 1.165) is 17.5 Å². The van der Waals surface area contributed by atoms with E-state index in [2.05, 4.69) is 15.2 Å². The molecule has 0 saturated carbocycles. The molecule has 0 bridgehead atoms. The lowest BCUT2D eigenvalue weighted by molar-refractivity contribution is -0.140. The van der Waals surface area contributed by atoms with Gasteiger partial charge in [0.25, 0.3) is 0 Å². The molecule has 0 radical (unpaired) electrons. The summed E-state index contributed by atoms with van der Waals surface area (Å²) >= 11 is 1.04. The molecule has 3 nitrogen and oxygen atoms in total. The van der Waals surface area contributed by atoms with Crippen molar-refractivity contribution in [3.63, 3.8) is 0 Å². The number of hydrogen-bond donors (Lipinski definition) is 0. The van der Waals surface area contributed by atoms with Crippen molar-refractivity contribution in [3.8, 4) is 10.6 Å². The van der Waals surface area contributed by atoms with Gasteiger partial charge in [-0.05, 0) is 12.1 Å². The molecule has 0 fully saturated rings. The maximum atomic E-state index is 12.5. The van der Waals surface area contributed by atoms with E-state index in [4.69, 9.17) is 0 Å². The van der Waals surface area contributed by atoms with Gasteiger partial charge in [0, 0.05) is 11.8 Å². The van der Waals surface area contributed by atoms with Crippen molar-refractivity contribution in [2.45, 2.75) is 6.18 Å². The predicted molar refractivity (Wildman–Crippen MR) is 48.1 cm³/mol. The van der Waals surface area contributed by atoms with Crippen LogP contribution in [0.2, 0.25) is 0 Å². The van der Waals surface area contributed by atoms with Crippen molar-refractivity contribution in [3.05, 3.63) is 29.5 Å². The summed E-state index contributed by atoms with van der Waals surface area (Å²) in [5.41, 5.74) is 0.414. The zero-order valence-corrected chi connectivity index (χ0v) is 8.01. The molecule has 0 aliphatic heterocycles. The summed E-state index contributed by atoms with van der Waals surface area (Å²) < 4.78 is 37.6. The molecule has 0 aromatic carbocycles. The van der Waals surface area contributed by atoms with Gasteiger partial charge in [-0.1, -0.05) is 11.3 Å². The van der Waals surface area contributed by atoms with E-state index in [-0.39, 0.29) is 10.6 Å². The summed E-state index contributed by atoms with van der Waals surface area (Å²) in [5.74, 6) is 0. The second-order valence-electron chi connectivity index (χ2n) is 2.64. The van der Waals surface area contributed by atoms with Gasteiger partial charge in [-0.2, -0.15) is 13.2 Å². The van der Waals surface area contributed by atoms with Crippen molar-refractivity contribution in [2.24, 2.45) is 0 Å². The van der Waals surface area contributed by atoms with Gasteiger partial charge in [0.1, 0.15) is 10.5 Å². The highest BCUT2D eigenvalue weighted by Gasteiger charge is 2.36. The first-order valence-electron chi connectivity index (χ1n) is 3.88. The first-order chi connectivity index (χ1) is 7.09. The lowest BCUT2D eigenvalue weighted by atomic mass is 10.2. The summed E-state index contributed by atoms with van der Waals surface area (Å²) in [6.45, 7) is 0. The molecule has 0 amide bonds. The van der Waals surface area contributed by atoms with Gasteiger partial charge in [0.15, 0.2) is 5.69 Å². The topological polar surface area (TPSA) is 38.7 Å². The van der Waals surface area contributed by atoms with Gasteiger partial charge in [-0.25, -0.2) is 0 Å². The van der Waals surface area contributed by atoms with Crippen LogP contribution in [0.4, 0.5) is 13.2 Å². The zero-order chi connectivity index (χ0) is 10.9. The summed E-state index contributed by atoms with van der Waals surface area (Å²) in [7, 11) is 0. The summed E-state index contributed by atoms with van der Waals surface area (Å²) in [6, 6.07) is 2.77. The Bertz CT molecular complexity index is 452. The minimum absolute atomic E-state index is 0.0347. The van der Waals surface area contributed by atoms with Crippen LogP contribution in [0.1, 0.15) is 5.69 Å². The van der Waals surface area contributed by atoms with Crippen LogP contribution < -0.4 is 0 Å². The Kier molecular flexibility index (Phi) is 2.39. The van der Waals surface area contributed by atoms with Crippen LogP contribution in [-0.4, -0.2) is 15.2 Å². The average molecular weight is 231 g/mol. The van der Waals surface area contributed by atoms with Gasteiger partial charge >= 0.3 is 6.18 Å². The lowest BCUT2D eigenvalue weighted by Crippen LogP contribution is -2.09. The highest BCUT2D eigenvalue weighted by atomic mass is 32.1. The second-order valence-corrected chi connectivity index (χ2v) is 3.47. The fourth-order valence-electron chi connectivity index (χ4n) is 1.09. The fourth-order valence-corrected chi connectivity index (χ4v) is 1.67. The van der Waals surface area contributed by atoms with Crippen molar-refractivity contribution in [1.29, 1.82) is 0 Å². The van der Waals surface area contributed by atoms with Gasteiger partial charge in [0.05, 0.1) is 0 Å². The molecule has 78 valence electrons. The van der Waals surface area contributed by atoms with Crippen LogP contribution in [0.5, 0.6) is 0 Å². The zero-order valence-electron chi connectivity index (χ0n) is 7.19. The van der Waals surface area contributed by atoms with Gasteiger partial charge < -0.3 is 0 Å². The highest BCUT2D eigenvalue weighted by Crippen LogP contribution is 2.35. The summed E-state index contributed by atoms with van der Waals surface area (Å²) in [5, 5.41) is 7.30. The smallest absolute Gasteiger partial charge is 0.251 e. The number of hydrogen-bond acceptors (Lipinski definition) is 4. The SMILES string of the molecule is FC(F)(F)c1ncccc1-c1nncs1. The van der Waals surface area contributed by atoms with Crippen LogP contribution in [0.15, 0.2) is 23.8 Å². The number of nitrogens with zero attached hydrogens (tertiary/aromatic N) is 3. The van der Waals surface area contributed by atoms with Gasteiger partial charge in [-0.3, -0.25) is 4.98 Å². The molecule has 0 saturated heterocycles. The van der Waals surface area contributed by atoms with Crippen LogP contribution in [0.25, 0.3) is 10.6 Å². The van der Waals surface area contributed by atoms with E-state index >= 15 is 0 Å². The van der Waals surface area contributed by atoms with E-state index in [1.165, 1.54) is 17.6 Å². The number of alkyl halides is 3. The molecule has 15 heavy (non-hydrogen) atoms. The minimum atomic E-state index is -4.47. The van der Waals surface area contributed by atoms with Crippen molar-refractivity contribution in [1.82, 2.24) is 15.2 Å². The molecular formula is C8H4F3N3S. The Balaban J connectivity index is 2.58. The van der Waals surface area contributed by atoms with Crippen LogP contribution >= 0.6 is 11.3 Å². The van der Waals surface area contributed by atoms with E-state index in [0.29, 0.717) is 0 Å². The molecular weight excluding hydrogens is 227 g/mol. The molecule has 0 aliphatic rings. The molecule has 2 heterocycles. The van der Waals surface area contributed by atoms with Crippen LogP contribution in [-0.2, 0) is 6.18 Å². The second kappa shape index (κ2) is 3.58. The molecule has 0 aliphatic carbocycles. The molecule has 2 aromatic heterocycles. The lowest BCUT2D eigenvalue weighted by Gasteiger charge is -2.08. The monoisotopic (exact) mass is 231 g/mol. The fraction of sp³-hybridized carbons (Fsp3) is 0.125. The number of pyridine rings is 1. The highest BCUT2D eigenvalue weighted by molar-refractivity contribution is 7.12. The van der Waals surface area contributed by atoms with Gasteiger partial charge in [-0.15, -0.1) is 10.2 Å². The number of rotatable bonds is 1. The largest absolute Gasteiger partial charge is 0.434 e. The molecule has 0 N–H and O–H groups in total. The molecule has 7 heteroatoms. The van der Waals surface area contributed by atoms with E-state index in [1.807, 2.05) is 0 Å². The molecule has 0 unspecified atom stereocenters. The maximum absolute atomic E-state index is 12.5. The van der Waals surface area contributed by atoms with Crippen LogP contribution in [0, 0.1) is 0 Å². The van der Waals surface area contributed by atoms with E-state index < -0.39 is 11.9 Å². The van der Waals surface area contributed by atoms with Crippen LogP contribution in [0.3, 0.4) is 0 Å². The third kappa shape index (κ3) is 1.96. The number of aromatic nitrogens is 3. The van der Waals surface area contributed by atoms with E-state index in [1.54, 1.807) is 0 Å². The van der Waals surface area contributed by atoms with E-state index in [9.17, 15) is 13.2 Å². The first-order valence-corrected chi connectivity index (χ1v) is 4.76. The minimum Gasteiger partial charge on any atom is -0.251 e. The Hall–Kier alpha value is -1.50. The van der Waals surface area contributed by atoms with Crippen molar-refractivity contribution < 1.29 is 13.2 Å². The molecule has 2 rings (SSSR count).